The first-order valence-electron chi connectivity index (χ1n) is 7.77. The molecule has 1 aromatic heterocycles. The maximum Gasteiger partial charge on any atom is 0.244 e. The summed E-state index contributed by atoms with van der Waals surface area (Å²) in [4.78, 5) is 0.367. The second-order valence-electron chi connectivity index (χ2n) is 6.09. The van der Waals surface area contributed by atoms with Crippen molar-refractivity contribution in [2.75, 3.05) is 7.05 Å². The number of nitrogens with two attached hydrogens (primary N) is 1. The van der Waals surface area contributed by atoms with Gasteiger partial charge in [0, 0.05) is 38.1 Å². The van der Waals surface area contributed by atoms with E-state index in [2.05, 4.69) is 6.92 Å². The van der Waals surface area contributed by atoms with Gasteiger partial charge < -0.3 is 10.3 Å². The summed E-state index contributed by atoms with van der Waals surface area (Å²) in [5.74, 6) is 0.711. The van der Waals surface area contributed by atoms with E-state index in [1.54, 1.807) is 23.6 Å². The van der Waals surface area contributed by atoms with Gasteiger partial charge in [-0.3, -0.25) is 0 Å². The Kier molecular flexibility index (Phi) is 5.11. The van der Waals surface area contributed by atoms with Gasteiger partial charge >= 0.3 is 0 Å². The Morgan fingerprint density at radius 1 is 1.33 bits per heavy atom. The number of rotatable bonds is 5. The van der Waals surface area contributed by atoms with Crippen LogP contribution in [0.5, 0.6) is 0 Å². The van der Waals surface area contributed by atoms with Crippen LogP contribution >= 0.6 is 0 Å². The van der Waals surface area contributed by atoms with Crippen molar-refractivity contribution in [2.45, 2.75) is 63.6 Å². The van der Waals surface area contributed by atoms with Crippen molar-refractivity contribution in [1.29, 1.82) is 0 Å². The van der Waals surface area contributed by atoms with E-state index >= 15 is 0 Å². The number of aromatic nitrogens is 1. The lowest BCUT2D eigenvalue weighted by molar-refractivity contribution is 0.246. The van der Waals surface area contributed by atoms with Crippen LogP contribution in [0, 0.1) is 5.92 Å². The zero-order valence-corrected chi connectivity index (χ0v) is 14.1. The lowest BCUT2D eigenvalue weighted by Crippen LogP contribution is -2.39. The van der Waals surface area contributed by atoms with Gasteiger partial charge in [0.25, 0.3) is 0 Å². The van der Waals surface area contributed by atoms with Gasteiger partial charge in [-0.15, -0.1) is 0 Å². The minimum absolute atomic E-state index is 0.123. The van der Waals surface area contributed by atoms with E-state index in [1.807, 2.05) is 11.5 Å². The molecule has 0 bridgehead atoms. The van der Waals surface area contributed by atoms with Crippen molar-refractivity contribution < 1.29 is 8.42 Å². The molecule has 0 aliphatic heterocycles. The molecule has 1 heterocycles. The summed E-state index contributed by atoms with van der Waals surface area (Å²) < 4.78 is 29.0. The lowest BCUT2D eigenvalue weighted by Gasteiger charge is -2.32. The molecule has 1 aliphatic carbocycles. The summed E-state index contributed by atoms with van der Waals surface area (Å²) in [6.45, 7) is 5.31. The van der Waals surface area contributed by atoms with Crippen LogP contribution in [0.2, 0.25) is 0 Å². The standard InChI is InChI=1S/C15H27N3O2S/c1-4-18-11-15(9-14(18)10-16)21(19,20)17(3)13-7-5-12(2)6-8-13/h9,11-13H,4-8,10,16H2,1-3H3. The first-order chi connectivity index (χ1) is 9.90. The molecule has 2 N–H and O–H groups in total. The zero-order valence-electron chi connectivity index (χ0n) is 13.2. The van der Waals surface area contributed by atoms with Gasteiger partial charge in [0.05, 0.1) is 0 Å². The van der Waals surface area contributed by atoms with Gasteiger partial charge in [-0.05, 0) is 44.6 Å². The van der Waals surface area contributed by atoms with Gasteiger partial charge in [-0.2, -0.15) is 4.31 Å². The lowest BCUT2D eigenvalue weighted by atomic mass is 9.87. The largest absolute Gasteiger partial charge is 0.349 e. The van der Waals surface area contributed by atoms with Crippen molar-refractivity contribution in [1.82, 2.24) is 8.87 Å². The summed E-state index contributed by atoms with van der Waals surface area (Å²) in [6.07, 6.45) is 5.83. The van der Waals surface area contributed by atoms with Crippen molar-refractivity contribution >= 4 is 10.0 Å². The molecule has 1 saturated carbocycles. The minimum atomic E-state index is -3.42. The SMILES string of the molecule is CCn1cc(S(=O)(=O)N(C)C2CCC(C)CC2)cc1CN. The molecule has 21 heavy (non-hydrogen) atoms. The molecule has 0 saturated heterocycles. The molecule has 0 radical (unpaired) electrons. The highest BCUT2D eigenvalue weighted by Crippen LogP contribution is 2.30. The van der Waals surface area contributed by atoms with Crippen LogP contribution in [0.25, 0.3) is 0 Å². The fourth-order valence-corrected chi connectivity index (χ4v) is 4.58. The van der Waals surface area contributed by atoms with E-state index in [1.165, 1.54) is 0 Å². The van der Waals surface area contributed by atoms with Crippen LogP contribution in [0.1, 0.15) is 45.2 Å². The van der Waals surface area contributed by atoms with Crippen LogP contribution in [-0.4, -0.2) is 30.4 Å². The smallest absolute Gasteiger partial charge is 0.244 e. The molecule has 0 spiro atoms. The third-order valence-corrected chi connectivity index (χ3v) is 6.56. The van der Waals surface area contributed by atoms with Crippen LogP contribution in [-0.2, 0) is 23.1 Å². The molecule has 0 amide bonds. The molecule has 1 aliphatic rings. The average Bonchev–Trinajstić information content (AvgIpc) is 2.91. The Bertz CT molecular complexity index is 550. The molecular formula is C15H27N3O2S. The summed E-state index contributed by atoms with van der Waals surface area (Å²) in [5, 5.41) is 0. The predicted octanol–water partition coefficient (Wildman–Crippen LogP) is 2.17. The Morgan fingerprint density at radius 3 is 2.43 bits per heavy atom. The number of hydrogen-bond donors (Lipinski definition) is 1. The van der Waals surface area contributed by atoms with Gasteiger partial charge in [-0.25, -0.2) is 8.42 Å². The molecule has 6 heteroatoms. The number of hydrogen-bond acceptors (Lipinski definition) is 3. The maximum atomic E-state index is 12.8. The van der Waals surface area contributed by atoms with Crippen molar-refractivity contribution in [3.05, 3.63) is 18.0 Å². The van der Waals surface area contributed by atoms with E-state index in [4.69, 9.17) is 5.73 Å². The van der Waals surface area contributed by atoms with E-state index in [9.17, 15) is 8.42 Å². The second-order valence-corrected chi connectivity index (χ2v) is 8.09. The normalized spacial score (nSPS) is 23.7. The molecule has 0 atom stereocenters. The van der Waals surface area contributed by atoms with Crippen LogP contribution in [0.15, 0.2) is 17.2 Å². The minimum Gasteiger partial charge on any atom is -0.349 e. The Labute approximate surface area is 128 Å². The molecule has 2 rings (SSSR count). The number of aryl methyl sites for hydroxylation is 1. The van der Waals surface area contributed by atoms with E-state index in [0.717, 1.165) is 37.9 Å². The molecular weight excluding hydrogens is 286 g/mol. The summed E-state index contributed by atoms with van der Waals surface area (Å²) in [5.41, 5.74) is 6.55. The second kappa shape index (κ2) is 6.50. The monoisotopic (exact) mass is 313 g/mol. The molecule has 120 valence electrons. The third-order valence-electron chi connectivity index (χ3n) is 4.69. The van der Waals surface area contributed by atoms with Crippen molar-refractivity contribution in [3.8, 4) is 0 Å². The van der Waals surface area contributed by atoms with Crippen LogP contribution in [0.3, 0.4) is 0 Å². The topological polar surface area (TPSA) is 68.3 Å². The summed E-state index contributed by atoms with van der Waals surface area (Å²) >= 11 is 0. The predicted molar refractivity (Wildman–Crippen MR) is 84.4 cm³/mol. The molecule has 1 aromatic rings. The van der Waals surface area contributed by atoms with Crippen molar-refractivity contribution in [2.24, 2.45) is 11.7 Å². The zero-order chi connectivity index (χ0) is 15.6. The molecule has 1 fully saturated rings. The van der Waals surface area contributed by atoms with Gasteiger partial charge in [-0.1, -0.05) is 6.92 Å². The van der Waals surface area contributed by atoms with E-state index in [0.29, 0.717) is 17.4 Å². The highest BCUT2D eigenvalue weighted by atomic mass is 32.2. The number of sulfonamides is 1. The fourth-order valence-electron chi connectivity index (χ4n) is 3.10. The quantitative estimate of drug-likeness (QED) is 0.906. The van der Waals surface area contributed by atoms with Gasteiger partial charge in [0.15, 0.2) is 0 Å². The Balaban J connectivity index is 2.22. The fraction of sp³-hybridized carbons (Fsp3) is 0.733. The van der Waals surface area contributed by atoms with Crippen LogP contribution in [0.4, 0.5) is 0 Å². The van der Waals surface area contributed by atoms with Gasteiger partial charge in [0.2, 0.25) is 10.0 Å². The first kappa shape index (κ1) is 16.5. The molecule has 0 aromatic carbocycles. The maximum absolute atomic E-state index is 12.8. The Morgan fingerprint density at radius 2 is 1.95 bits per heavy atom. The van der Waals surface area contributed by atoms with Gasteiger partial charge in [0.1, 0.15) is 4.90 Å². The third kappa shape index (κ3) is 3.33. The van der Waals surface area contributed by atoms with Crippen molar-refractivity contribution in [3.63, 3.8) is 0 Å². The highest BCUT2D eigenvalue weighted by molar-refractivity contribution is 7.89. The molecule has 0 unspecified atom stereocenters. The first-order valence-corrected chi connectivity index (χ1v) is 9.21. The average molecular weight is 313 g/mol. The summed E-state index contributed by atoms with van der Waals surface area (Å²) in [7, 11) is -1.71. The Hall–Kier alpha value is -0.850. The van der Waals surface area contributed by atoms with Crippen LogP contribution < -0.4 is 5.73 Å². The van der Waals surface area contributed by atoms with E-state index in [-0.39, 0.29) is 6.04 Å². The molecule has 5 nitrogen and oxygen atoms in total. The summed E-state index contributed by atoms with van der Waals surface area (Å²) in [6, 6.07) is 1.83. The highest BCUT2D eigenvalue weighted by Gasteiger charge is 2.31. The van der Waals surface area contributed by atoms with E-state index < -0.39 is 10.0 Å². The number of nitrogens with zero attached hydrogens (tertiary/aromatic N) is 2.